The van der Waals surface area contributed by atoms with Gasteiger partial charge in [0, 0.05) is 29.2 Å². The molecule has 24 heavy (non-hydrogen) atoms. The van der Waals surface area contributed by atoms with Crippen LogP contribution in [0.2, 0.25) is 10.0 Å². The van der Waals surface area contributed by atoms with E-state index in [1.165, 1.54) is 0 Å². The summed E-state index contributed by atoms with van der Waals surface area (Å²) < 4.78 is 0. The van der Waals surface area contributed by atoms with Gasteiger partial charge in [0.05, 0.1) is 10.7 Å². The lowest BCUT2D eigenvalue weighted by atomic mass is 10.1. The van der Waals surface area contributed by atoms with E-state index in [0.29, 0.717) is 26.9 Å². The predicted octanol–water partition coefficient (Wildman–Crippen LogP) is 4.48. The van der Waals surface area contributed by atoms with Crippen molar-refractivity contribution in [3.8, 4) is 0 Å². The SMILES string of the molecule is O=C(Nc1ccc(Cl)cc1Cl)c1cccc(C(=O)N2CCCC2)c1. The summed E-state index contributed by atoms with van der Waals surface area (Å²) in [5.41, 5.74) is 1.40. The summed E-state index contributed by atoms with van der Waals surface area (Å²) in [7, 11) is 0. The fourth-order valence-corrected chi connectivity index (χ4v) is 3.14. The van der Waals surface area contributed by atoms with Crippen LogP contribution in [0.3, 0.4) is 0 Å². The summed E-state index contributed by atoms with van der Waals surface area (Å²) in [6.45, 7) is 1.55. The molecule has 2 aromatic rings. The number of hydrogen-bond acceptors (Lipinski definition) is 2. The minimum absolute atomic E-state index is 0.0355. The van der Waals surface area contributed by atoms with Crippen LogP contribution < -0.4 is 5.32 Å². The maximum atomic E-state index is 12.4. The van der Waals surface area contributed by atoms with E-state index in [4.69, 9.17) is 23.2 Å². The van der Waals surface area contributed by atoms with E-state index in [2.05, 4.69) is 5.32 Å². The standard InChI is InChI=1S/C18H16Cl2N2O2/c19-14-6-7-16(15(20)11-14)21-17(23)12-4-3-5-13(10-12)18(24)22-8-1-2-9-22/h3-7,10-11H,1-2,8-9H2,(H,21,23). The quantitative estimate of drug-likeness (QED) is 0.874. The lowest BCUT2D eigenvalue weighted by Crippen LogP contribution is -2.27. The number of hydrogen-bond donors (Lipinski definition) is 1. The highest BCUT2D eigenvalue weighted by molar-refractivity contribution is 6.36. The predicted molar refractivity (Wildman–Crippen MR) is 96.0 cm³/mol. The van der Waals surface area contributed by atoms with Gasteiger partial charge in [0.25, 0.3) is 11.8 Å². The highest BCUT2D eigenvalue weighted by Gasteiger charge is 2.20. The number of carbonyl (C=O) groups excluding carboxylic acids is 2. The van der Waals surface area contributed by atoms with Crippen LogP contribution in [0.4, 0.5) is 5.69 Å². The fourth-order valence-electron chi connectivity index (χ4n) is 2.68. The molecule has 124 valence electrons. The summed E-state index contributed by atoms with van der Waals surface area (Å²) in [6, 6.07) is 11.6. The van der Waals surface area contributed by atoms with Gasteiger partial charge in [0.1, 0.15) is 0 Å². The molecule has 0 bridgehead atoms. The van der Waals surface area contributed by atoms with Crippen LogP contribution in [0.15, 0.2) is 42.5 Å². The lowest BCUT2D eigenvalue weighted by molar-refractivity contribution is 0.0793. The van der Waals surface area contributed by atoms with E-state index in [9.17, 15) is 9.59 Å². The molecule has 1 fully saturated rings. The zero-order chi connectivity index (χ0) is 17.1. The molecule has 0 atom stereocenters. The summed E-state index contributed by atoms with van der Waals surface area (Å²) in [4.78, 5) is 26.7. The van der Waals surface area contributed by atoms with Crippen molar-refractivity contribution >= 4 is 40.7 Å². The smallest absolute Gasteiger partial charge is 0.255 e. The average Bonchev–Trinajstić information content (AvgIpc) is 3.11. The maximum absolute atomic E-state index is 12.4. The molecule has 1 aliphatic heterocycles. The van der Waals surface area contributed by atoms with Crippen molar-refractivity contribution in [3.05, 3.63) is 63.6 Å². The number of rotatable bonds is 3. The van der Waals surface area contributed by atoms with Gasteiger partial charge in [0.15, 0.2) is 0 Å². The molecule has 0 radical (unpaired) electrons. The number of amides is 2. The first-order valence-corrected chi connectivity index (χ1v) is 8.46. The Morgan fingerprint density at radius 1 is 0.958 bits per heavy atom. The first-order chi connectivity index (χ1) is 11.5. The van der Waals surface area contributed by atoms with E-state index < -0.39 is 0 Å². The van der Waals surface area contributed by atoms with Crippen LogP contribution in [-0.4, -0.2) is 29.8 Å². The van der Waals surface area contributed by atoms with Crippen molar-refractivity contribution in [3.63, 3.8) is 0 Å². The third-order valence-corrected chi connectivity index (χ3v) is 4.49. The number of nitrogens with one attached hydrogen (secondary N) is 1. The van der Waals surface area contributed by atoms with Gasteiger partial charge in [0.2, 0.25) is 0 Å². The zero-order valence-electron chi connectivity index (χ0n) is 12.9. The van der Waals surface area contributed by atoms with Crippen LogP contribution in [0, 0.1) is 0 Å². The Morgan fingerprint density at radius 3 is 2.38 bits per heavy atom. The fraction of sp³-hybridized carbons (Fsp3) is 0.222. The lowest BCUT2D eigenvalue weighted by Gasteiger charge is -2.15. The van der Waals surface area contributed by atoms with Crippen LogP contribution >= 0.6 is 23.2 Å². The summed E-state index contributed by atoms with van der Waals surface area (Å²) in [5, 5.41) is 3.59. The van der Waals surface area contributed by atoms with Gasteiger partial charge < -0.3 is 10.2 Å². The van der Waals surface area contributed by atoms with Gasteiger partial charge >= 0.3 is 0 Å². The largest absolute Gasteiger partial charge is 0.339 e. The number of carbonyl (C=O) groups is 2. The number of likely N-dealkylation sites (tertiary alicyclic amines) is 1. The molecule has 1 N–H and O–H groups in total. The minimum atomic E-state index is -0.324. The van der Waals surface area contributed by atoms with E-state index in [1.54, 1.807) is 42.5 Å². The molecule has 6 heteroatoms. The highest BCUT2D eigenvalue weighted by atomic mass is 35.5. The molecule has 0 spiro atoms. The molecule has 1 aliphatic rings. The summed E-state index contributed by atoms with van der Waals surface area (Å²) >= 11 is 11.9. The van der Waals surface area contributed by atoms with Crippen LogP contribution in [0.1, 0.15) is 33.6 Å². The Balaban J connectivity index is 1.77. The first-order valence-electron chi connectivity index (χ1n) is 7.70. The van der Waals surface area contributed by atoms with Gasteiger partial charge in [-0.2, -0.15) is 0 Å². The van der Waals surface area contributed by atoms with Gasteiger partial charge in [-0.25, -0.2) is 0 Å². The molecular formula is C18H16Cl2N2O2. The molecule has 1 saturated heterocycles. The minimum Gasteiger partial charge on any atom is -0.339 e. The first kappa shape index (κ1) is 16.8. The number of halogens is 2. The molecular weight excluding hydrogens is 347 g/mol. The van der Waals surface area contributed by atoms with E-state index in [0.717, 1.165) is 25.9 Å². The van der Waals surface area contributed by atoms with E-state index in [1.807, 2.05) is 4.90 Å². The van der Waals surface area contributed by atoms with Crippen LogP contribution in [0.5, 0.6) is 0 Å². The third-order valence-electron chi connectivity index (χ3n) is 3.94. The topological polar surface area (TPSA) is 49.4 Å². The third kappa shape index (κ3) is 3.71. The summed E-state index contributed by atoms with van der Waals surface area (Å²) in [5.74, 6) is -0.359. The second-order valence-corrected chi connectivity index (χ2v) is 6.50. The molecule has 0 unspecified atom stereocenters. The zero-order valence-corrected chi connectivity index (χ0v) is 14.4. The molecule has 0 aliphatic carbocycles. The Morgan fingerprint density at radius 2 is 1.67 bits per heavy atom. The van der Waals surface area contributed by atoms with Gasteiger partial charge in [-0.3, -0.25) is 9.59 Å². The molecule has 0 saturated carbocycles. The Hall–Kier alpha value is -2.04. The van der Waals surface area contributed by atoms with Crippen molar-refractivity contribution in [2.75, 3.05) is 18.4 Å². The normalized spacial score (nSPS) is 13.8. The van der Waals surface area contributed by atoms with Crippen molar-refractivity contribution < 1.29 is 9.59 Å². The van der Waals surface area contributed by atoms with E-state index >= 15 is 0 Å². The maximum Gasteiger partial charge on any atom is 0.255 e. The molecule has 4 nitrogen and oxygen atoms in total. The Labute approximate surface area is 150 Å². The second-order valence-electron chi connectivity index (χ2n) is 5.66. The van der Waals surface area contributed by atoms with Gasteiger partial charge in [-0.1, -0.05) is 29.3 Å². The molecule has 3 rings (SSSR count). The van der Waals surface area contributed by atoms with Crippen LogP contribution in [0.25, 0.3) is 0 Å². The van der Waals surface area contributed by atoms with Crippen molar-refractivity contribution in [2.24, 2.45) is 0 Å². The Kier molecular flexibility index (Phi) is 5.07. The second kappa shape index (κ2) is 7.24. The van der Waals surface area contributed by atoms with Crippen LogP contribution in [-0.2, 0) is 0 Å². The summed E-state index contributed by atoms with van der Waals surface area (Å²) in [6.07, 6.45) is 2.06. The van der Waals surface area contributed by atoms with E-state index in [-0.39, 0.29) is 11.8 Å². The molecule has 2 aromatic carbocycles. The van der Waals surface area contributed by atoms with Crippen molar-refractivity contribution in [1.82, 2.24) is 4.90 Å². The monoisotopic (exact) mass is 362 g/mol. The van der Waals surface area contributed by atoms with Crippen molar-refractivity contribution in [2.45, 2.75) is 12.8 Å². The molecule has 2 amide bonds. The number of anilines is 1. The highest BCUT2D eigenvalue weighted by Crippen LogP contribution is 2.26. The average molecular weight is 363 g/mol. The number of benzene rings is 2. The van der Waals surface area contributed by atoms with Gasteiger partial charge in [-0.05, 0) is 49.2 Å². The van der Waals surface area contributed by atoms with Crippen molar-refractivity contribution in [1.29, 1.82) is 0 Å². The molecule has 0 aromatic heterocycles. The Bertz CT molecular complexity index is 786. The molecule has 1 heterocycles. The number of nitrogens with zero attached hydrogens (tertiary/aromatic N) is 1. The van der Waals surface area contributed by atoms with Gasteiger partial charge in [-0.15, -0.1) is 0 Å².